The van der Waals surface area contributed by atoms with E-state index in [-0.39, 0.29) is 12.0 Å². The van der Waals surface area contributed by atoms with Gasteiger partial charge in [0.25, 0.3) is 0 Å². The van der Waals surface area contributed by atoms with Gasteiger partial charge in [-0.15, -0.1) is 0 Å². The molecule has 0 N–H and O–H groups in total. The first-order valence-corrected chi connectivity index (χ1v) is 5.52. The van der Waals surface area contributed by atoms with Gasteiger partial charge in [-0.25, -0.2) is 0 Å². The number of hydrogen-bond donors (Lipinski definition) is 0. The summed E-state index contributed by atoms with van der Waals surface area (Å²) < 4.78 is 5.34. The molecule has 0 aliphatic heterocycles. The Morgan fingerprint density at radius 3 is 2.14 bits per heavy atom. The predicted molar refractivity (Wildman–Crippen MR) is 59.3 cm³/mol. The summed E-state index contributed by atoms with van der Waals surface area (Å²) >= 11 is 0. The van der Waals surface area contributed by atoms with E-state index in [1.807, 2.05) is 13.8 Å². The minimum atomic E-state index is 0.159. The van der Waals surface area contributed by atoms with Gasteiger partial charge in [-0.3, -0.25) is 4.79 Å². The van der Waals surface area contributed by atoms with Crippen molar-refractivity contribution in [2.75, 3.05) is 7.11 Å². The Kier molecular flexibility index (Phi) is 6.81. The topological polar surface area (TPSA) is 26.3 Å². The number of carbonyl (C=O) groups excluding carboxylic acids is 1. The Bertz CT molecular complexity index is 162. The molecule has 1 unspecified atom stereocenters. The van der Waals surface area contributed by atoms with Gasteiger partial charge >= 0.3 is 0 Å². The van der Waals surface area contributed by atoms with Crippen molar-refractivity contribution in [1.82, 2.24) is 0 Å². The predicted octanol–water partition coefficient (Wildman–Crippen LogP) is 3.05. The number of methoxy groups -OCH3 is 1. The summed E-state index contributed by atoms with van der Waals surface area (Å²) in [5, 5.41) is 0. The molecule has 0 saturated carbocycles. The first-order valence-electron chi connectivity index (χ1n) is 5.52. The molecule has 0 amide bonds. The standard InChI is InChI=1S/C12H24O2/c1-9(2)8-11(14-5)6-7-12(13)10(3)4/h9-11H,6-8H2,1-5H3. The van der Waals surface area contributed by atoms with E-state index in [4.69, 9.17) is 4.74 Å². The molecule has 0 aliphatic carbocycles. The highest BCUT2D eigenvalue weighted by atomic mass is 16.5. The van der Waals surface area contributed by atoms with Crippen LogP contribution in [0.15, 0.2) is 0 Å². The zero-order chi connectivity index (χ0) is 11.1. The molecule has 84 valence electrons. The first kappa shape index (κ1) is 13.6. The Labute approximate surface area is 88.0 Å². The molecule has 0 rings (SSSR count). The molecule has 0 saturated heterocycles. The van der Waals surface area contributed by atoms with E-state index in [0.29, 0.717) is 18.1 Å². The van der Waals surface area contributed by atoms with Crippen LogP contribution in [0.1, 0.15) is 47.0 Å². The van der Waals surface area contributed by atoms with E-state index in [0.717, 1.165) is 12.8 Å². The van der Waals surface area contributed by atoms with Crippen molar-refractivity contribution in [2.45, 2.75) is 53.1 Å². The first-order chi connectivity index (χ1) is 6.47. The molecule has 2 heteroatoms. The number of Topliss-reactive ketones (excluding diaryl/α,β-unsaturated/α-hetero) is 1. The summed E-state index contributed by atoms with van der Waals surface area (Å²) in [7, 11) is 1.73. The van der Waals surface area contributed by atoms with E-state index in [9.17, 15) is 4.79 Å². The fourth-order valence-electron chi connectivity index (χ4n) is 1.45. The van der Waals surface area contributed by atoms with Crippen molar-refractivity contribution < 1.29 is 9.53 Å². The Hall–Kier alpha value is -0.370. The normalized spacial score (nSPS) is 13.6. The molecule has 0 radical (unpaired) electrons. The van der Waals surface area contributed by atoms with Gasteiger partial charge in [0.1, 0.15) is 5.78 Å². The van der Waals surface area contributed by atoms with Crippen LogP contribution in [0, 0.1) is 11.8 Å². The Morgan fingerprint density at radius 2 is 1.79 bits per heavy atom. The van der Waals surface area contributed by atoms with Crippen LogP contribution >= 0.6 is 0 Å². The molecule has 0 spiro atoms. The smallest absolute Gasteiger partial charge is 0.135 e. The molecule has 0 aromatic carbocycles. The van der Waals surface area contributed by atoms with Crippen molar-refractivity contribution in [1.29, 1.82) is 0 Å². The second-order valence-corrected chi connectivity index (χ2v) is 4.65. The van der Waals surface area contributed by atoms with Gasteiger partial charge in [-0.05, 0) is 18.8 Å². The highest BCUT2D eigenvalue weighted by molar-refractivity contribution is 5.80. The monoisotopic (exact) mass is 200 g/mol. The Balaban J connectivity index is 3.78. The van der Waals surface area contributed by atoms with Crippen LogP contribution in [-0.2, 0) is 9.53 Å². The average molecular weight is 200 g/mol. The molecule has 0 aliphatic rings. The number of carbonyl (C=O) groups is 1. The van der Waals surface area contributed by atoms with Crippen molar-refractivity contribution in [3.63, 3.8) is 0 Å². The number of ketones is 1. The molecule has 14 heavy (non-hydrogen) atoms. The SMILES string of the molecule is COC(CCC(=O)C(C)C)CC(C)C. The quantitative estimate of drug-likeness (QED) is 0.631. The average Bonchev–Trinajstić information content (AvgIpc) is 2.10. The summed E-state index contributed by atoms with van der Waals surface area (Å²) in [5.74, 6) is 1.14. The van der Waals surface area contributed by atoms with Crippen LogP contribution < -0.4 is 0 Å². The minimum Gasteiger partial charge on any atom is -0.381 e. The van der Waals surface area contributed by atoms with Gasteiger partial charge in [0, 0.05) is 19.4 Å². The fraction of sp³-hybridized carbons (Fsp3) is 0.917. The molecule has 0 aromatic rings. The van der Waals surface area contributed by atoms with Crippen molar-refractivity contribution in [3.8, 4) is 0 Å². The van der Waals surface area contributed by atoms with E-state index in [1.54, 1.807) is 7.11 Å². The van der Waals surface area contributed by atoms with Crippen LogP contribution in [0.25, 0.3) is 0 Å². The van der Waals surface area contributed by atoms with Gasteiger partial charge in [0.2, 0.25) is 0 Å². The molecule has 0 aromatic heterocycles. The second kappa shape index (κ2) is 6.99. The number of ether oxygens (including phenoxy) is 1. The van der Waals surface area contributed by atoms with Gasteiger partial charge in [-0.1, -0.05) is 27.7 Å². The minimum absolute atomic E-state index is 0.159. The highest BCUT2D eigenvalue weighted by Gasteiger charge is 2.13. The molecular formula is C12H24O2. The number of hydrogen-bond acceptors (Lipinski definition) is 2. The third-order valence-electron chi connectivity index (χ3n) is 2.42. The van der Waals surface area contributed by atoms with Gasteiger partial charge < -0.3 is 4.74 Å². The third-order valence-corrected chi connectivity index (χ3v) is 2.42. The van der Waals surface area contributed by atoms with E-state index in [2.05, 4.69) is 13.8 Å². The van der Waals surface area contributed by atoms with E-state index < -0.39 is 0 Å². The molecular weight excluding hydrogens is 176 g/mol. The lowest BCUT2D eigenvalue weighted by Gasteiger charge is -2.17. The lowest BCUT2D eigenvalue weighted by atomic mass is 9.98. The maximum atomic E-state index is 11.4. The van der Waals surface area contributed by atoms with Crippen molar-refractivity contribution in [3.05, 3.63) is 0 Å². The maximum absolute atomic E-state index is 11.4. The zero-order valence-electron chi connectivity index (χ0n) is 10.2. The maximum Gasteiger partial charge on any atom is 0.135 e. The fourth-order valence-corrected chi connectivity index (χ4v) is 1.45. The summed E-state index contributed by atoms with van der Waals surface area (Å²) in [6.07, 6.45) is 2.81. The zero-order valence-corrected chi connectivity index (χ0v) is 10.2. The summed E-state index contributed by atoms with van der Waals surface area (Å²) in [5.41, 5.74) is 0. The highest BCUT2D eigenvalue weighted by Crippen LogP contribution is 2.14. The van der Waals surface area contributed by atoms with Crippen LogP contribution in [-0.4, -0.2) is 19.0 Å². The van der Waals surface area contributed by atoms with Crippen LogP contribution in [0.5, 0.6) is 0 Å². The van der Waals surface area contributed by atoms with Crippen molar-refractivity contribution in [2.24, 2.45) is 11.8 Å². The largest absolute Gasteiger partial charge is 0.381 e. The van der Waals surface area contributed by atoms with Gasteiger partial charge in [0.05, 0.1) is 6.10 Å². The van der Waals surface area contributed by atoms with Crippen LogP contribution in [0.2, 0.25) is 0 Å². The van der Waals surface area contributed by atoms with E-state index in [1.165, 1.54) is 0 Å². The molecule has 0 fully saturated rings. The van der Waals surface area contributed by atoms with Gasteiger partial charge in [0.15, 0.2) is 0 Å². The summed E-state index contributed by atoms with van der Waals surface area (Å²) in [6, 6.07) is 0. The second-order valence-electron chi connectivity index (χ2n) is 4.65. The molecule has 2 nitrogen and oxygen atoms in total. The molecule has 0 bridgehead atoms. The number of rotatable bonds is 7. The third kappa shape index (κ3) is 6.14. The van der Waals surface area contributed by atoms with Crippen LogP contribution in [0.3, 0.4) is 0 Å². The van der Waals surface area contributed by atoms with Gasteiger partial charge in [-0.2, -0.15) is 0 Å². The summed E-state index contributed by atoms with van der Waals surface area (Å²) in [4.78, 5) is 11.4. The van der Waals surface area contributed by atoms with E-state index >= 15 is 0 Å². The summed E-state index contributed by atoms with van der Waals surface area (Å²) in [6.45, 7) is 8.26. The Morgan fingerprint density at radius 1 is 1.21 bits per heavy atom. The molecule has 0 heterocycles. The lowest BCUT2D eigenvalue weighted by Crippen LogP contribution is -2.17. The van der Waals surface area contributed by atoms with Crippen molar-refractivity contribution >= 4 is 5.78 Å². The molecule has 1 atom stereocenters. The lowest BCUT2D eigenvalue weighted by molar-refractivity contribution is -0.122. The van der Waals surface area contributed by atoms with Crippen LogP contribution in [0.4, 0.5) is 0 Å².